The molecule has 0 aromatic rings. The van der Waals surface area contributed by atoms with Gasteiger partial charge in [-0.15, -0.1) is 0 Å². The van der Waals surface area contributed by atoms with E-state index >= 15 is 0 Å². The maximum Gasteiger partial charge on any atom is 0.0708 e. The Balaban J connectivity index is 1.22. The van der Waals surface area contributed by atoms with E-state index < -0.39 is 0 Å². The van der Waals surface area contributed by atoms with Gasteiger partial charge in [0.25, 0.3) is 0 Å². The Kier molecular flexibility index (Phi) is 6.61. The van der Waals surface area contributed by atoms with Crippen LogP contribution in [0.15, 0.2) is 0 Å². The molecular weight excluding hydrogens is 376 g/mol. The fourth-order valence-electron chi connectivity index (χ4n) is 6.01. The second-order valence-electron chi connectivity index (χ2n) is 12.3. The van der Waals surface area contributed by atoms with Crippen LogP contribution in [-0.2, 0) is 14.2 Å². The smallest absolute Gasteiger partial charge is 0.0708 e. The minimum absolute atomic E-state index is 0.0385. The molecule has 0 N–H and O–H groups in total. The van der Waals surface area contributed by atoms with Crippen LogP contribution >= 0.6 is 0 Å². The van der Waals surface area contributed by atoms with E-state index in [9.17, 15) is 0 Å². The summed E-state index contributed by atoms with van der Waals surface area (Å²) in [5.74, 6) is 0.782. The normalized spacial score (nSPS) is 32.6. The summed E-state index contributed by atoms with van der Waals surface area (Å²) in [5, 5.41) is 0. The average molecular weight is 423 g/mol. The molecule has 3 saturated heterocycles. The fraction of sp³-hybridized carbons (Fsp3) is 1.00. The number of rotatable bonds is 5. The lowest BCUT2D eigenvalue weighted by Crippen LogP contribution is -2.69. The van der Waals surface area contributed by atoms with Crippen molar-refractivity contribution in [3.05, 3.63) is 0 Å². The average Bonchev–Trinajstić information content (AvgIpc) is 2.59. The first-order valence-corrected chi connectivity index (χ1v) is 12.5. The van der Waals surface area contributed by atoms with Crippen molar-refractivity contribution in [1.29, 1.82) is 0 Å². The molecule has 5 nitrogen and oxygen atoms in total. The highest BCUT2D eigenvalue weighted by Crippen LogP contribution is 2.42. The van der Waals surface area contributed by atoms with Crippen molar-refractivity contribution in [1.82, 2.24) is 9.80 Å². The van der Waals surface area contributed by atoms with Gasteiger partial charge >= 0.3 is 0 Å². The van der Waals surface area contributed by atoms with Gasteiger partial charge in [-0.25, -0.2) is 0 Å². The summed E-state index contributed by atoms with van der Waals surface area (Å²) in [6, 6.07) is 0. The molecule has 174 valence electrons. The third-order valence-corrected chi connectivity index (χ3v) is 7.94. The Morgan fingerprint density at radius 2 is 1.37 bits per heavy atom. The zero-order valence-corrected chi connectivity index (χ0v) is 20.4. The summed E-state index contributed by atoms with van der Waals surface area (Å²) >= 11 is 0. The van der Waals surface area contributed by atoms with E-state index in [1.54, 1.807) is 0 Å². The zero-order chi connectivity index (χ0) is 21.6. The van der Waals surface area contributed by atoms with Crippen molar-refractivity contribution in [2.45, 2.75) is 115 Å². The number of hydrogen-bond donors (Lipinski definition) is 0. The molecule has 5 heteroatoms. The first-order chi connectivity index (χ1) is 14.1. The largest absolute Gasteiger partial charge is 0.377 e. The SMILES string of the molecule is CC(C)(C)OC1CC(OC2CCN(C3(C4CCN(C(C)(C)C)CC4)COC3)CC2)C1. The van der Waals surface area contributed by atoms with Crippen molar-refractivity contribution >= 4 is 0 Å². The molecule has 4 aliphatic rings. The molecule has 4 fully saturated rings. The van der Waals surface area contributed by atoms with Gasteiger partial charge in [0.15, 0.2) is 0 Å². The third-order valence-electron chi connectivity index (χ3n) is 7.94. The van der Waals surface area contributed by atoms with Crippen LogP contribution in [0.2, 0.25) is 0 Å². The Labute approximate surface area is 184 Å². The lowest BCUT2D eigenvalue weighted by atomic mass is 9.73. The quantitative estimate of drug-likeness (QED) is 0.667. The van der Waals surface area contributed by atoms with Gasteiger partial charge in [0.2, 0.25) is 0 Å². The summed E-state index contributed by atoms with van der Waals surface area (Å²) in [5.41, 5.74) is 0.558. The molecule has 0 atom stereocenters. The first kappa shape index (κ1) is 23.0. The highest BCUT2D eigenvalue weighted by molar-refractivity contribution is 5.05. The minimum Gasteiger partial charge on any atom is -0.377 e. The molecule has 4 rings (SSSR count). The maximum atomic E-state index is 6.44. The van der Waals surface area contributed by atoms with Gasteiger partial charge in [-0.1, -0.05) is 0 Å². The molecular formula is C25H46N2O3. The highest BCUT2D eigenvalue weighted by Gasteiger charge is 2.51. The van der Waals surface area contributed by atoms with Gasteiger partial charge in [0.1, 0.15) is 0 Å². The second kappa shape index (κ2) is 8.62. The molecule has 0 radical (unpaired) electrons. The van der Waals surface area contributed by atoms with E-state index in [1.165, 1.54) is 51.9 Å². The van der Waals surface area contributed by atoms with E-state index in [1.807, 2.05) is 0 Å². The maximum absolute atomic E-state index is 6.44. The zero-order valence-electron chi connectivity index (χ0n) is 20.4. The molecule has 3 heterocycles. The van der Waals surface area contributed by atoms with E-state index in [-0.39, 0.29) is 5.60 Å². The van der Waals surface area contributed by atoms with E-state index in [0.29, 0.717) is 29.4 Å². The summed E-state index contributed by atoms with van der Waals surface area (Å²) in [6.07, 6.45) is 8.35. The number of piperidine rings is 2. The van der Waals surface area contributed by atoms with E-state index in [2.05, 4.69) is 51.3 Å². The van der Waals surface area contributed by atoms with Crippen molar-refractivity contribution in [2.24, 2.45) is 5.92 Å². The molecule has 1 saturated carbocycles. The number of ether oxygens (including phenoxy) is 3. The summed E-state index contributed by atoms with van der Waals surface area (Å²) < 4.78 is 18.3. The predicted octanol–water partition coefficient (Wildman–Crippen LogP) is 4.09. The van der Waals surface area contributed by atoms with Crippen LogP contribution in [0, 0.1) is 5.92 Å². The van der Waals surface area contributed by atoms with Gasteiger partial charge in [-0.05, 0) is 99.1 Å². The Morgan fingerprint density at radius 3 is 1.83 bits per heavy atom. The van der Waals surface area contributed by atoms with Gasteiger partial charge in [-0.3, -0.25) is 9.80 Å². The van der Waals surface area contributed by atoms with Gasteiger partial charge in [0.05, 0.1) is 42.7 Å². The molecule has 0 spiro atoms. The topological polar surface area (TPSA) is 34.2 Å². The van der Waals surface area contributed by atoms with Crippen LogP contribution < -0.4 is 0 Å². The Bertz CT molecular complexity index is 556. The molecule has 0 aromatic heterocycles. The molecule has 1 aliphatic carbocycles. The lowest BCUT2D eigenvalue weighted by molar-refractivity contribution is -0.199. The van der Waals surface area contributed by atoms with E-state index in [0.717, 1.165) is 32.0 Å². The molecule has 0 unspecified atom stereocenters. The summed E-state index contributed by atoms with van der Waals surface area (Å²) in [6.45, 7) is 20.1. The number of hydrogen-bond acceptors (Lipinski definition) is 5. The second-order valence-corrected chi connectivity index (χ2v) is 12.3. The predicted molar refractivity (Wildman–Crippen MR) is 121 cm³/mol. The summed E-state index contributed by atoms with van der Waals surface area (Å²) in [4.78, 5) is 5.44. The first-order valence-electron chi connectivity index (χ1n) is 12.5. The van der Waals surface area contributed by atoms with Gasteiger partial charge < -0.3 is 14.2 Å². The van der Waals surface area contributed by atoms with E-state index in [4.69, 9.17) is 14.2 Å². The third kappa shape index (κ3) is 5.06. The van der Waals surface area contributed by atoms with Crippen LogP contribution in [0.25, 0.3) is 0 Å². The molecule has 0 aromatic carbocycles. The van der Waals surface area contributed by atoms with Crippen molar-refractivity contribution in [3.63, 3.8) is 0 Å². The van der Waals surface area contributed by atoms with Crippen LogP contribution in [-0.4, -0.2) is 84.2 Å². The minimum atomic E-state index is -0.0385. The standard InChI is InChI=1S/C25H46N2O3/c1-23(2,3)26-11-7-19(8-12-26)25(17-28-18-25)27-13-9-20(10-14-27)29-21-15-22(16-21)30-24(4,5)6/h19-22H,7-18H2,1-6H3. The number of likely N-dealkylation sites (tertiary alicyclic amines) is 2. The number of nitrogens with zero attached hydrogens (tertiary/aromatic N) is 2. The van der Waals surface area contributed by atoms with Crippen molar-refractivity contribution < 1.29 is 14.2 Å². The van der Waals surface area contributed by atoms with Crippen LogP contribution in [0.3, 0.4) is 0 Å². The van der Waals surface area contributed by atoms with Gasteiger partial charge in [-0.2, -0.15) is 0 Å². The molecule has 0 bridgehead atoms. The highest BCUT2D eigenvalue weighted by atomic mass is 16.5. The van der Waals surface area contributed by atoms with Crippen LogP contribution in [0.5, 0.6) is 0 Å². The van der Waals surface area contributed by atoms with Crippen molar-refractivity contribution in [3.8, 4) is 0 Å². The fourth-order valence-corrected chi connectivity index (χ4v) is 6.01. The Morgan fingerprint density at radius 1 is 0.767 bits per heavy atom. The Hall–Kier alpha value is -0.200. The van der Waals surface area contributed by atoms with Gasteiger partial charge in [0, 0.05) is 18.6 Å². The van der Waals surface area contributed by atoms with Crippen LogP contribution in [0.1, 0.15) is 80.1 Å². The lowest BCUT2D eigenvalue weighted by Gasteiger charge is -2.58. The van der Waals surface area contributed by atoms with Crippen molar-refractivity contribution in [2.75, 3.05) is 39.4 Å². The summed E-state index contributed by atoms with van der Waals surface area (Å²) in [7, 11) is 0. The molecule has 0 amide bonds. The van der Waals surface area contributed by atoms with Crippen LogP contribution in [0.4, 0.5) is 0 Å². The monoisotopic (exact) mass is 422 g/mol. The molecule has 30 heavy (non-hydrogen) atoms. The molecule has 3 aliphatic heterocycles.